The molecule has 0 bridgehead atoms. The van der Waals surface area contributed by atoms with Crippen molar-refractivity contribution < 1.29 is 14.8 Å². The lowest BCUT2D eigenvalue weighted by Crippen LogP contribution is -2.29. The van der Waals surface area contributed by atoms with Gasteiger partial charge in [0.1, 0.15) is 12.2 Å². The zero-order valence-corrected chi connectivity index (χ0v) is 10.9. The maximum atomic E-state index is 11.2. The third-order valence-electron chi connectivity index (χ3n) is 2.69. The van der Waals surface area contributed by atoms with Crippen LogP contribution in [0.25, 0.3) is 10.2 Å². The summed E-state index contributed by atoms with van der Waals surface area (Å²) in [5, 5.41) is 20.1. The fraction of sp³-hybridized carbons (Fsp3) is 0.273. The number of carboxylic acids is 1. The number of benzene rings is 1. The molecular weight excluding hydrogens is 270 g/mol. The molecule has 0 fully saturated rings. The first-order valence-corrected chi connectivity index (χ1v) is 6.40. The molecule has 1 heterocycles. The van der Waals surface area contributed by atoms with E-state index in [9.17, 15) is 14.9 Å². The molecule has 0 saturated heterocycles. The molecule has 0 aliphatic carbocycles. The van der Waals surface area contributed by atoms with Crippen molar-refractivity contribution in [1.82, 2.24) is 4.98 Å². The summed E-state index contributed by atoms with van der Waals surface area (Å²) >= 11 is 1.31. The number of hydrogen-bond donors (Lipinski definition) is 1. The Balaban J connectivity index is 2.60. The summed E-state index contributed by atoms with van der Waals surface area (Å²) in [6.07, 6.45) is 0. The number of hydrogen-bond acceptors (Lipinski definition) is 6. The van der Waals surface area contributed by atoms with Gasteiger partial charge in [0.15, 0.2) is 5.52 Å². The van der Waals surface area contributed by atoms with E-state index in [2.05, 4.69) is 4.98 Å². The molecule has 1 N–H and O–H groups in total. The Hall–Kier alpha value is -2.22. The van der Waals surface area contributed by atoms with Crippen LogP contribution in [0.2, 0.25) is 0 Å². The second-order valence-corrected chi connectivity index (χ2v) is 4.68. The van der Waals surface area contributed by atoms with Crippen LogP contribution in [0.1, 0.15) is 6.92 Å². The van der Waals surface area contributed by atoms with Gasteiger partial charge in [-0.1, -0.05) is 0 Å². The van der Waals surface area contributed by atoms with Crippen molar-refractivity contribution >= 4 is 38.9 Å². The van der Waals surface area contributed by atoms with Crippen molar-refractivity contribution in [2.24, 2.45) is 0 Å². The van der Waals surface area contributed by atoms with Gasteiger partial charge in [-0.3, -0.25) is 14.9 Å². The Morgan fingerprint density at radius 2 is 2.32 bits per heavy atom. The molecule has 0 saturated carbocycles. The number of thiazole rings is 1. The average Bonchev–Trinajstić information content (AvgIpc) is 2.82. The van der Waals surface area contributed by atoms with E-state index in [0.717, 1.165) is 0 Å². The van der Waals surface area contributed by atoms with E-state index in [4.69, 9.17) is 5.11 Å². The maximum absolute atomic E-state index is 11.2. The molecule has 19 heavy (non-hydrogen) atoms. The minimum Gasteiger partial charge on any atom is -0.480 e. The lowest BCUT2D eigenvalue weighted by Gasteiger charge is -2.20. The number of anilines is 1. The molecule has 0 radical (unpaired) electrons. The number of fused-ring (bicyclic) bond motifs is 1. The largest absolute Gasteiger partial charge is 0.480 e. The van der Waals surface area contributed by atoms with E-state index >= 15 is 0 Å². The van der Waals surface area contributed by atoms with Crippen molar-refractivity contribution in [3.63, 3.8) is 0 Å². The van der Waals surface area contributed by atoms with Gasteiger partial charge in [0, 0.05) is 6.54 Å². The van der Waals surface area contributed by atoms with E-state index in [1.165, 1.54) is 21.7 Å². The van der Waals surface area contributed by atoms with Gasteiger partial charge in [-0.2, -0.15) is 0 Å². The van der Waals surface area contributed by atoms with Crippen molar-refractivity contribution in [1.29, 1.82) is 0 Å². The molecule has 0 unspecified atom stereocenters. The Morgan fingerprint density at radius 3 is 2.89 bits per heavy atom. The standard InChI is InChI=1S/C11H11N3O4S/c1-2-13(5-9(15)16)7-3-4-8-10(12-6-19-8)11(7)14(17)18/h3-4,6H,2,5H2,1H3,(H,15,16). The molecule has 0 atom stereocenters. The lowest BCUT2D eigenvalue weighted by molar-refractivity contribution is -0.382. The van der Waals surface area contributed by atoms with Gasteiger partial charge < -0.3 is 10.0 Å². The molecule has 0 aliphatic rings. The first-order valence-electron chi connectivity index (χ1n) is 5.52. The second kappa shape index (κ2) is 5.19. The van der Waals surface area contributed by atoms with Crippen LogP contribution in [0.5, 0.6) is 0 Å². The Bertz CT molecular complexity index is 640. The predicted molar refractivity (Wildman–Crippen MR) is 71.8 cm³/mol. The number of aliphatic carboxylic acids is 1. The molecule has 0 spiro atoms. The topological polar surface area (TPSA) is 96.6 Å². The Labute approximate surface area is 112 Å². The van der Waals surface area contributed by atoms with E-state index in [0.29, 0.717) is 16.8 Å². The number of nitrogens with zero attached hydrogens (tertiary/aromatic N) is 3. The monoisotopic (exact) mass is 281 g/mol. The van der Waals surface area contributed by atoms with Gasteiger partial charge in [0.25, 0.3) is 0 Å². The normalized spacial score (nSPS) is 10.6. The number of carboxylic acid groups (broad SMARTS) is 1. The molecule has 0 amide bonds. The van der Waals surface area contributed by atoms with Crippen LogP contribution in [0.3, 0.4) is 0 Å². The second-order valence-electron chi connectivity index (χ2n) is 3.80. The average molecular weight is 281 g/mol. The Morgan fingerprint density at radius 1 is 1.58 bits per heavy atom. The highest BCUT2D eigenvalue weighted by Gasteiger charge is 2.24. The first-order chi connectivity index (χ1) is 9.04. The highest BCUT2D eigenvalue weighted by molar-refractivity contribution is 7.16. The minimum absolute atomic E-state index is 0.137. The highest BCUT2D eigenvalue weighted by atomic mass is 32.1. The Kier molecular flexibility index (Phi) is 3.61. The molecule has 8 heteroatoms. The van der Waals surface area contributed by atoms with Crippen LogP contribution in [-0.4, -0.2) is 34.1 Å². The summed E-state index contributed by atoms with van der Waals surface area (Å²) in [5.41, 5.74) is 1.99. The summed E-state index contributed by atoms with van der Waals surface area (Å²) < 4.78 is 0.710. The summed E-state index contributed by atoms with van der Waals surface area (Å²) in [4.78, 5) is 27.0. The van der Waals surface area contributed by atoms with Crippen LogP contribution in [-0.2, 0) is 4.79 Å². The minimum atomic E-state index is -1.03. The van der Waals surface area contributed by atoms with Gasteiger partial charge >= 0.3 is 11.7 Å². The van der Waals surface area contributed by atoms with Crippen LogP contribution in [0, 0.1) is 10.1 Å². The van der Waals surface area contributed by atoms with E-state index in [-0.39, 0.29) is 17.9 Å². The van der Waals surface area contributed by atoms with E-state index in [1.807, 2.05) is 0 Å². The van der Waals surface area contributed by atoms with Crippen molar-refractivity contribution in [2.75, 3.05) is 18.0 Å². The molecule has 7 nitrogen and oxygen atoms in total. The summed E-state index contributed by atoms with van der Waals surface area (Å²) in [7, 11) is 0. The molecule has 2 rings (SSSR count). The lowest BCUT2D eigenvalue weighted by atomic mass is 10.2. The molecule has 1 aromatic carbocycles. The summed E-state index contributed by atoms with van der Waals surface area (Å²) in [5.74, 6) is -1.03. The zero-order valence-electron chi connectivity index (χ0n) is 10.1. The van der Waals surface area contributed by atoms with Crippen LogP contribution in [0.15, 0.2) is 17.6 Å². The van der Waals surface area contributed by atoms with Gasteiger partial charge in [0.2, 0.25) is 0 Å². The third-order valence-corrected chi connectivity index (χ3v) is 3.48. The fourth-order valence-electron chi connectivity index (χ4n) is 1.87. The predicted octanol–water partition coefficient (Wildman–Crippen LogP) is 2.12. The van der Waals surface area contributed by atoms with Crippen LogP contribution in [0.4, 0.5) is 11.4 Å². The SMILES string of the molecule is CCN(CC(=O)O)c1ccc2scnc2c1[N+](=O)[O-]. The van der Waals surface area contributed by atoms with Gasteiger partial charge in [-0.05, 0) is 19.1 Å². The van der Waals surface area contributed by atoms with E-state index in [1.54, 1.807) is 19.1 Å². The smallest absolute Gasteiger partial charge is 0.323 e. The number of likely N-dealkylation sites (N-methyl/N-ethyl adjacent to an activating group) is 1. The van der Waals surface area contributed by atoms with Gasteiger partial charge in [-0.15, -0.1) is 11.3 Å². The van der Waals surface area contributed by atoms with Crippen molar-refractivity contribution in [3.05, 3.63) is 27.8 Å². The number of aromatic nitrogens is 1. The summed E-state index contributed by atoms with van der Waals surface area (Å²) in [6.45, 7) is 1.83. The zero-order chi connectivity index (χ0) is 14.0. The van der Waals surface area contributed by atoms with Crippen LogP contribution < -0.4 is 4.90 Å². The van der Waals surface area contributed by atoms with Crippen molar-refractivity contribution in [2.45, 2.75) is 6.92 Å². The third kappa shape index (κ3) is 2.48. The molecule has 2 aromatic rings. The van der Waals surface area contributed by atoms with Crippen LogP contribution >= 0.6 is 11.3 Å². The first kappa shape index (κ1) is 13.2. The van der Waals surface area contributed by atoms with E-state index < -0.39 is 10.9 Å². The quantitative estimate of drug-likeness (QED) is 0.666. The molecular formula is C11H11N3O4S. The number of rotatable bonds is 5. The van der Waals surface area contributed by atoms with Crippen molar-refractivity contribution in [3.8, 4) is 0 Å². The number of nitro benzene ring substituents is 1. The highest BCUT2D eigenvalue weighted by Crippen LogP contribution is 2.36. The molecule has 1 aromatic heterocycles. The van der Waals surface area contributed by atoms with Gasteiger partial charge in [-0.25, -0.2) is 4.98 Å². The summed E-state index contributed by atoms with van der Waals surface area (Å²) in [6, 6.07) is 3.30. The van der Waals surface area contributed by atoms with Gasteiger partial charge in [0.05, 0.1) is 15.1 Å². The number of nitro groups is 1. The molecule has 100 valence electrons. The molecule has 0 aliphatic heterocycles. The fourth-order valence-corrected chi connectivity index (χ4v) is 2.55. The number of carbonyl (C=O) groups is 1. The maximum Gasteiger partial charge on any atom is 0.323 e.